The fourth-order valence-corrected chi connectivity index (χ4v) is 4.39. The Morgan fingerprint density at radius 1 is 1.24 bits per heavy atom. The first kappa shape index (κ1) is 13.3. The van der Waals surface area contributed by atoms with Crippen molar-refractivity contribution in [3.63, 3.8) is 0 Å². The second-order valence-electron chi connectivity index (χ2n) is 5.66. The molecule has 1 aliphatic carbocycles. The van der Waals surface area contributed by atoms with Crippen LogP contribution in [-0.2, 0) is 14.6 Å². The summed E-state index contributed by atoms with van der Waals surface area (Å²) in [5.74, 6) is 0.347. The summed E-state index contributed by atoms with van der Waals surface area (Å²) in [5.41, 5.74) is 6.27. The predicted octanol–water partition coefficient (Wildman–Crippen LogP) is 1.10. The van der Waals surface area contributed by atoms with E-state index in [0.29, 0.717) is 5.92 Å². The van der Waals surface area contributed by atoms with Gasteiger partial charge < -0.3 is 10.5 Å². The lowest BCUT2D eigenvalue weighted by Gasteiger charge is -2.43. The van der Waals surface area contributed by atoms with Gasteiger partial charge in [0.15, 0.2) is 0 Å². The maximum absolute atomic E-state index is 11.7. The number of hydrogen-bond donors (Lipinski definition) is 1. The van der Waals surface area contributed by atoms with Crippen molar-refractivity contribution in [2.75, 3.05) is 19.5 Å². The van der Waals surface area contributed by atoms with Crippen molar-refractivity contribution in [1.29, 1.82) is 0 Å². The lowest BCUT2D eigenvalue weighted by molar-refractivity contribution is 0.0220. The Morgan fingerprint density at radius 3 is 2.47 bits per heavy atom. The van der Waals surface area contributed by atoms with Crippen molar-refractivity contribution in [2.45, 2.75) is 49.3 Å². The molecule has 0 aromatic rings. The van der Waals surface area contributed by atoms with Crippen LogP contribution < -0.4 is 5.73 Å². The first-order chi connectivity index (χ1) is 7.92. The van der Waals surface area contributed by atoms with Gasteiger partial charge in [0.2, 0.25) is 0 Å². The monoisotopic (exact) mass is 261 g/mol. The molecule has 2 N–H and O–H groups in total. The fraction of sp³-hybridized carbons (Fsp3) is 1.00. The Hall–Kier alpha value is -0.130. The van der Waals surface area contributed by atoms with E-state index in [1.165, 1.54) is 6.26 Å². The molecule has 2 fully saturated rings. The molecule has 100 valence electrons. The van der Waals surface area contributed by atoms with Crippen molar-refractivity contribution in [1.82, 2.24) is 0 Å². The van der Waals surface area contributed by atoms with Gasteiger partial charge in [-0.2, -0.15) is 0 Å². The van der Waals surface area contributed by atoms with Crippen molar-refractivity contribution >= 4 is 9.84 Å². The Balaban J connectivity index is 2.06. The predicted molar refractivity (Wildman–Crippen MR) is 67.6 cm³/mol. The zero-order chi connectivity index (χ0) is 12.5. The minimum atomic E-state index is -2.91. The SMILES string of the molecule is CS(=O)(=O)C1CCCC(C2(N)CCOCC2)C1. The number of ether oxygens (including phenoxy) is 1. The highest BCUT2D eigenvalue weighted by Gasteiger charge is 2.41. The summed E-state index contributed by atoms with van der Waals surface area (Å²) in [6, 6.07) is 0. The van der Waals surface area contributed by atoms with Gasteiger partial charge in [0.1, 0.15) is 9.84 Å². The standard InChI is InChI=1S/C12H23NO3S/c1-17(14,15)11-4-2-3-10(9-11)12(13)5-7-16-8-6-12/h10-11H,2-9,13H2,1H3. The molecular weight excluding hydrogens is 238 g/mol. The van der Waals surface area contributed by atoms with E-state index in [4.69, 9.17) is 10.5 Å². The molecule has 2 rings (SSSR count). The molecule has 1 aliphatic heterocycles. The highest BCUT2D eigenvalue weighted by Crippen LogP contribution is 2.38. The van der Waals surface area contributed by atoms with E-state index in [9.17, 15) is 8.42 Å². The molecule has 0 amide bonds. The lowest BCUT2D eigenvalue weighted by atomic mass is 9.71. The smallest absolute Gasteiger partial charge is 0.150 e. The van der Waals surface area contributed by atoms with Crippen LogP contribution in [0.15, 0.2) is 0 Å². The van der Waals surface area contributed by atoms with E-state index >= 15 is 0 Å². The van der Waals surface area contributed by atoms with Crippen LogP contribution >= 0.6 is 0 Å². The van der Waals surface area contributed by atoms with E-state index in [-0.39, 0.29) is 10.8 Å². The van der Waals surface area contributed by atoms with Gasteiger partial charge in [-0.15, -0.1) is 0 Å². The average molecular weight is 261 g/mol. The van der Waals surface area contributed by atoms with Gasteiger partial charge in [0.05, 0.1) is 5.25 Å². The quantitative estimate of drug-likeness (QED) is 0.808. The van der Waals surface area contributed by atoms with Gasteiger partial charge >= 0.3 is 0 Å². The van der Waals surface area contributed by atoms with Crippen LogP contribution in [0.25, 0.3) is 0 Å². The first-order valence-corrected chi connectivity index (χ1v) is 8.43. The summed E-state index contributed by atoms with van der Waals surface area (Å²) in [7, 11) is -2.91. The zero-order valence-electron chi connectivity index (χ0n) is 10.5. The fourth-order valence-electron chi connectivity index (χ4n) is 3.22. The molecule has 1 saturated carbocycles. The summed E-state index contributed by atoms with van der Waals surface area (Å²) in [6.07, 6.45) is 6.71. The normalized spacial score (nSPS) is 34.5. The summed E-state index contributed by atoms with van der Waals surface area (Å²) in [4.78, 5) is 0. The third-order valence-electron chi connectivity index (χ3n) is 4.47. The molecule has 17 heavy (non-hydrogen) atoms. The molecule has 2 atom stereocenters. The third-order valence-corrected chi connectivity index (χ3v) is 6.11. The Morgan fingerprint density at radius 2 is 1.88 bits per heavy atom. The molecular formula is C12H23NO3S. The second kappa shape index (κ2) is 4.86. The Bertz CT molecular complexity index is 360. The van der Waals surface area contributed by atoms with E-state index in [1.54, 1.807) is 0 Å². The van der Waals surface area contributed by atoms with Crippen molar-refractivity contribution in [3.8, 4) is 0 Å². The van der Waals surface area contributed by atoms with E-state index in [2.05, 4.69) is 0 Å². The van der Waals surface area contributed by atoms with Crippen LogP contribution in [-0.4, -0.2) is 38.7 Å². The number of nitrogens with two attached hydrogens (primary N) is 1. The van der Waals surface area contributed by atoms with Crippen LogP contribution in [0.1, 0.15) is 38.5 Å². The minimum absolute atomic E-state index is 0.176. The summed E-state index contributed by atoms with van der Waals surface area (Å²) >= 11 is 0. The molecule has 2 unspecified atom stereocenters. The van der Waals surface area contributed by atoms with Crippen molar-refractivity contribution in [2.24, 2.45) is 11.7 Å². The molecule has 0 aromatic carbocycles. The lowest BCUT2D eigenvalue weighted by Crippen LogP contribution is -2.53. The molecule has 1 heterocycles. The third kappa shape index (κ3) is 3.01. The highest BCUT2D eigenvalue weighted by molar-refractivity contribution is 7.91. The van der Waals surface area contributed by atoms with Crippen molar-refractivity contribution < 1.29 is 13.2 Å². The minimum Gasteiger partial charge on any atom is -0.381 e. The van der Waals surface area contributed by atoms with Gasteiger partial charge in [-0.25, -0.2) is 8.42 Å². The number of rotatable bonds is 2. The second-order valence-corrected chi connectivity index (χ2v) is 7.99. The molecule has 0 bridgehead atoms. The Kier molecular flexibility index (Phi) is 3.80. The number of sulfone groups is 1. The molecule has 0 aromatic heterocycles. The first-order valence-electron chi connectivity index (χ1n) is 6.47. The van der Waals surface area contributed by atoms with Crippen LogP contribution in [0, 0.1) is 5.92 Å². The maximum Gasteiger partial charge on any atom is 0.150 e. The summed E-state index contributed by atoms with van der Waals surface area (Å²) in [5, 5.41) is -0.176. The molecule has 2 aliphatic rings. The largest absolute Gasteiger partial charge is 0.381 e. The number of hydrogen-bond acceptors (Lipinski definition) is 4. The molecule has 4 nitrogen and oxygen atoms in total. The summed E-state index contributed by atoms with van der Waals surface area (Å²) < 4.78 is 28.7. The molecule has 0 spiro atoms. The van der Waals surface area contributed by atoms with E-state index in [1.807, 2.05) is 0 Å². The zero-order valence-corrected chi connectivity index (χ0v) is 11.3. The van der Waals surface area contributed by atoms with Gasteiger partial charge in [-0.05, 0) is 38.0 Å². The van der Waals surface area contributed by atoms with Crippen LogP contribution in [0.5, 0.6) is 0 Å². The summed E-state index contributed by atoms with van der Waals surface area (Å²) in [6.45, 7) is 1.44. The Labute approximate surface area is 104 Å². The van der Waals surface area contributed by atoms with Crippen LogP contribution in [0.3, 0.4) is 0 Å². The molecule has 0 radical (unpaired) electrons. The van der Waals surface area contributed by atoms with E-state index in [0.717, 1.165) is 51.7 Å². The van der Waals surface area contributed by atoms with Gasteiger partial charge in [0, 0.05) is 25.0 Å². The topological polar surface area (TPSA) is 69.4 Å². The highest BCUT2D eigenvalue weighted by atomic mass is 32.2. The van der Waals surface area contributed by atoms with Gasteiger partial charge in [-0.3, -0.25) is 0 Å². The van der Waals surface area contributed by atoms with E-state index < -0.39 is 9.84 Å². The van der Waals surface area contributed by atoms with Gasteiger partial charge in [-0.1, -0.05) is 6.42 Å². The molecule has 5 heteroatoms. The van der Waals surface area contributed by atoms with Crippen LogP contribution in [0.4, 0.5) is 0 Å². The molecule has 1 saturated heterocycles. The van der Waals surface area contributed by atoms with Crippen molar-refractivity contribution in [3.05, 3.63) is 0 Å². The van der Waals surface area contributed by atoms with Gasteiger partial charge in [0.25, 0.3) is 0 Å². The maximum atomic E-state index is 11.7. The van der Waals surface area contributed by atoms with Crippen LogP contribution in [0.2, 0.25) is 0 Å². The average Bonchev–Trinajstić information content (AvgIpc) is 2.29.